The van der Waals surface area contributed by atoms with Crippen molar-refractivity contribution in [2.45, 2.75) is 0 Å². The smallest absolute Gasteiger partial charge is 0.275 e. The van der Waals surface area contributed by atoms with Crippen molar-refractivity contribution in [3.05, 3.63) is 47.7 Å². The second kappa shape index (κ2) is 5.26. The first-order chi connectivity index (χ1) is 9.76. The summed E-state index contributed by atoms with van der Waals surface area (Å²) in [5, 5.41) is 8.82. The van der Waals surface area contributed by atoms with E-state index < -0.39 is 0 Å². The lowest BCUT2D eigenvalue weighted by molar-refractivity contribution is 0.102. The number of hydrogen-bond donors (Lipinski definition) is 2. The van der Waals surface area contributed by atoms with Crippen molar-refractivity contribution in [1.82, 2.24) is 9.97 Å². The standard InChI is InChI=1S/C14H12N4OS/c1-15-13-8-16-7-11(18-13)14(19)17-10-2-3-12-9(6-10)4-5-20-12/h2-8H,1H3,(H,15,18)(H,17,19). The van der Waals surface area contributed by atoms with Gasteiger partial charge in [-0.15, -0.1) is 11.3 Å². The van der Waals surface area contributed by atoms with Gasteiger partial charge in [0.05, 0.1) is 12.4 Å². The summed E-state index contributed by atoms with van der Waals surface area (Å²) < 4.78 is 1.19. The molecule has 3 aromatic rings. The molecule has 1 amide bonds. The Morgan fingerprint density at radius 1 is 1.25 bits per heavy atom. The summed E-state index contributed by atoms with van der Waals surface area (Å²) in [6, 6.07) is 7.84. The van der Waals surface area contributed by atoms with Crippen LogP contribution in [-0.4, -0.2) is 22.9 Å². The van der Waals surface area contributed by atoms with Gasteiger partial charge in [-0.2, -0.15) is 0 Å². The van der Waals surface area contributed by atoms with E-state index in [1.807, 2.05) is 29.6 Å². The molecule has 3 rings (SSSR count). The molecule has 0 aliphatic rings. The minimum atomic E-state index is -0.274. The van der Waals surface area contributed by atoms with Gasteiger partial charge in [0.25, 0.3) is 5.91 Å². The topological polar surface area (TPSA) is 66.9 Å². The molecule has 0 atom stereocenters. The van der Waals surface area contributed by atoms with Gasteiger partial charge >= 0.3 is 0 Å². The van der Waals surface area contributed by atoms with E-state index in [2.05, 4.69) is 20.6 Å². The molecule has 0 saturated heterocycles. The van der Waals surface area contributed by atoms with E-state index in [-0.39, 0.29) is 11.6 Å². The molecule has 20 heavy (non-hydrogen) atoms. The van der Waals surface area contributed by atoms with Crippen molar-refractivity contribution in [2.24, 2.45) is 0 Å². The lowest BCUT2D eigenvalue weighted by Crippen LogP contribution is -2.14. The summed E-state index contributed by atoms with van der Waals surface area (Å²) in [4.78, 5) is 20.2. The molecule has 0 aliphatic carbocycles. The van der Waals surface area contributed by atoms with Gasteiger partial charge in [0, 0.05) is 17.4 Å². The van der Waals surface area contributed by atoms with E-state index in [1.54, 1.807) is 24.6 Å². The maximum Gasteiger partial charge on any atom is 0.275 e. The minimum absolute atomic E-state index is 0.274. The Morgan fingerprint density at radius 3 is 3.00 bits per heavy atom. The van der Waals surface area contributed by atoms with Crippen LogP contribution < -0.4 is 10.6 Å². The van der Waals surface area contributed by atoms with Crippen molar-refractivity contribution in [3.63, 3.8) is 0 Å². The van der Waals surface area contributed by atoms with Crippen molar-refractivity contribution >= 4 is 38.8 Å². The molecule has 6 heteroatoms. The Hall–Kier alpha value is -2.47. The van der Waals surface area contributed by atoms with Gasteiger partial charge in [0.15, 0.2) is 0 Å². The highest BCUT2D eigenvalue weighted by atomic mass is 32.1. The summed E-state index contributed by atoms with van der Waals surface area (Å²) in [7, 11) is 1.73. The first kappa shape index (κ1) is 12.6. The zero-order valence-corrected chi connectivity index (χ0v) is 11.6. The minimum Gasteiger partial charge on any atom is -0.372 e. The third-order valence-corrected chi connectivity index (χ3v) is 3.73. The van der Waals surface area contributed by atoms with Gasteiger partial charge in [-0.25, -0.2) is 4.98 Å². The third-order valence-electron chi connectivity index (χ3n) is 2.83. The summed E-state index contributed by atoms with van der Waals surface area (Å²) in [6.45, 7) is 0. The molecule has 2 aromatic heterocycles. The van der Waals surface area contributed by atoms with Crippen LogP contribution in [0.25, 0.3) is 10.1 Å². The molecule has 2 N–H and O–H groups in total. The highest BCUT2D eigenvalue weighted by molar-refractivity contribution is 7.17. The number of rotatable bonds is 3. The van der Waals surface area contributed by atoms with Crippen molar-refractivity contribution in [3.8, 4) is 0 Å². The number of fused-ring (bicyclic) bond motifs is 1. The lowest BCUT2D eigenvalue weighted by atomic mass is 10.2. The quantitative estimate of drug-likeness (QED) is 0.776. The number of benzene rings is 1. The maximum atomic E-state index is 12.1. The number of aromatic nitrogens is 2. The van der Waals surface area contributed by atoms with Crippen LogP contribution in [0.4, 0.5) is 11.5 Å². The summed E-state index contributed by atoms with van der Waals surface area (Å²) in [5.41, 5.74) is 1.03. The average Bonchev–Trinajstić information content (AvgIpc) is 2.95. The highest BCUT2D eigenvalue weighted by Crippen LogP contribution is 2.24. The van der Waals surface area contributed by atoms with Gasteiger partial charge in [0.1, 0.15) is 11.5 Å². The van der Waals surface area contributed by atoms with Gasteiger partial charge in [0.2, 0.25) is 0 Å². The van der Waals surface area contributed by atoms with E-state index in [4.69, 9.17) is 0 Å². The van der Waals surface area contributed by atoms with Crippen LogP contribution in [0.5, 0.6) is 0 Å². The summed E-state index contributed by atoms with van der Waals surface area (Å²) >= 11 is 1.67. The predicted octanol–water partition coefficient (Wildman–Crippen LogP) is 2.99. The molecule has 0 aliphatic heterocycles. The fourth-order valence-electron chi connectivity index (χ4n) is 1.84. The molecule has 5 nitrogen and oxygen atoms in total. The van der Waals surface area contributed by atoms with E-state index >= 15 is 0 Å². The van der Waals surface area contributed by atoms with E-state index in [9.17, 15) is 4.79 Å². The fourth-order valence-corrected chi connectivity index (χ4v) is 2.61. The summed E-state index contributed by atoms with van der Waals surface area (Å²) in [6.07, 6.45) is 3.01. The number of carbonyl (C=O) groups excluding carboxylic acids is 1. The van der Waals surface area contributed by atoms with Crippen molar-refractivity contribution in [1.29, 1.82) is 0 Å². The number of carbonyl (C=O) groups is 1. The van der Waals surface area contributed by atoms with E-state index in [0.29, 0.717) is 5.82 Å². The summed E-state index contributed by atoms with van der Waals surface area (Å²) in [5.74, 6) is 0.287. The normalized spacial score (nSPS) is 10.4. The Balaban J connectivity index is 1.83. The third kappa shape index (κ3) is 2.46. The first-order valence-corrected chi connectivity index (χ1v) is 6.92. The largest absolute Gasteiger partial charge is 0.372 e. The Morgan fingerprint density at radius 2 is 2.15 bits per heavy atom. The molecular weight excluding hydrogens is 272 g/mol. The number of thiophene rings is 1. The van der Waals surface area contributed by atoms with Crippen LogP contribution in [-0.2, 0) is 0 Å². The lowest BCUT2D eigenvalue weighted by Gasteiger charge is -2.06. The first-order valence-electron chi connectivity index (χ1n) is 6.04. The molecule has 0 saturated carbocycles. The highest BCUT2D eigenvalue weighted by Gasteiger charge is 2.09. The molecular formula is C14H12N4OS. The Kier molecular flexibility index (Phi) is 3.30. The van der Waals surface area contributed by atoms with Crippen LogP contribution in [0.2, 0.25) is 0 Å². The SMILES string of the molecule is CNc1cncc(C(=O)Nc2ccc3sccc3c2)n1. The van der Waals surface area contributed by atoms with Crippen LogP contribution in [0.3, 0.4) is 0 Å². The Bertz CT molecular complexity index is 768. The molecule has 0 spiro atoms. The number of nitrogens with one attached hydrogen (secondary N) is 2. The fraction of sp³-hybridized carbons (Fsp3) is 0.0714. The van der Waals surface area contributed by atoms with Gasteiger partial charge in [-0.05, 0) is 35.0 Å². The van der Waals surface area contributed by atoms with Gasteiger partial charge < -0.3 is 10.6 Å². The molecule has 1 aromatic carbocycles. The molecule has 0 radical (unpaired) electrons. The van der Waals surface area contributed by atoms with Crippen LogP contribution in [0, 0.1) is 0 Å². The zero-order valence-electron chi connectivity index (χ0n) is 10.8. The zero-order chi connectivity index (χ0) is 13.9. The number of hydrogen-bond acceptors (Lipinski definition) is 5. The van der Waals surface area contributed by atoms with Crippen molar-refractivity contribution in [2.75, 3.05) is 17.7 Å². The van der Waals surface area contributed by atoms with Crippen molar-refractivity contribution < 1.29 is 4.79 Å². The molecule has 2 heterocycles. The average molecular weight is 284 g/mol. The van der Waals surface area contributed by atoms with Gasteiger partial charge in [-0.1, -0.05) is 0 Å². The molecule has 0 fully saturated rings. The van der Waals surface area contributed by atoms with E-state index in [1.165, 1.54) is 10.9 Å². The van der Waals surface area contributed by atoms with Gasteiger partial charge in [-0.3, -0.25) is 9.78 Å². The second-order valence-electron chi connectivity index (χ2n) is 4.17. The van der Waals surface area contributed by atoms with E-state index in [0.717, 1.165) is 11.1 Å². The predicted molar refractivity (Wildman–Crippen MR) is 81.4 cm³/mol. The van der Waals surface area contributed by atoms with Crippen LogP contribution in [0.1, 0.15) is 10.5 Å². The number of nitrogens with zero attached hydrogens (tertiary/aromatic N) is 2. The van der Waals surface area contributed by atoms with Crippen LogP contribution >= 0.6 is 11.3 Å². The molecule has 0 unspecified atom stereocenters. The number of anilines is 2. The molecule has 0 bridgehead atoms. The van der Waals surface area contributed by atoms with Crippen LogP contribution in [0.15, 0.2) is 42.0 Å². The maximum absolute atomic E-state index is 12.1. The number of amides is 1. The molecule has 100 valence electrons. The monoisotopic (exact) mass is 284 g/mol. The second-order valence-corrected chi connectivity index (χ2v) is 5.11. The Labute approximate surface area is 119 Å².